The number of imide groups is 1. The molecule has 2 aromatic heterocycles. The van der Waals surface area contributed by atoms with E-state index in [0.29, 0.717) is 21.8 Å². The van der Waals surface area contributed by atoms with Crippen LogP contribution in [0.25, 0.3) is 15.8 Å². The van der Waals surface area contributed by atoms with Crippen LogP contribution in [-0.4, -0.2) is 45.1 Å². The number of ether oxygens (including phenoxy) is 1. The maximum Gasteiger partial charge on any atom is 0.329 e. The van der Waals surface area contributed by atoms with Gasteiger partial charge in [0.2, 0.25) is 0 Å². The summed E-state index contributed by atoms with van der Waals surface area (Å²) in [4.78, 5) is 32.4. The Morgan fingerprint density at radius 2 is 2.07 bits per heavy atom. The Bertz CT molecular complexity index is 1240. The molecule has 1 saturated heterocycles. The highest BCUT2D eigenvalue weighted by atomic mass is 35.5. The highest BCUT2D eigenvalue weighted by molar-refractivity contribution is 8.09. The summed E-state index contributed by atoms with van der Waals surface area (Å²) in [6, 6.07) is 4.43. The van der Waals surface area contributed by atoms with Gasteiger partial charge in [0, 0.05) is 27.9 Å². The third-order valence-corrected chi connectivity index (χ3v) is 6.89. The van der Waals surface area contributed by atoms with E-state index in [1.54, 1.807) is 43.4 Å². The Morgan fingerprint density at radius 3 is 2.87 bits per heavy atom. The number of aromatic nitrogens is 3. The van der Waals surface area contributed by atoms with Crippen LogP contribution in [0.4, 0.5) is 10.5 Å². The summed E-state index contributed by atoms with van der Waals surface area (Å²) in [5.74, 6) is 0.356. The van der Waals surface area contributed by atoms with Crippen LogP contribution in [0.5, 0.6) is 5.75 Å². The summed E-state index contributed by atoms with van der Waals surface area (Å²) in [5, 5.41) is 7.85. The molecule has 0 spiro atoms. The quantitative estimate of drug-likeness (QED) is 0.671. The SMILES string of the molecule is COc1ccc(Cl)c(C2=CC3NC(=O)N(c4cncc5c4cnn5C)C(=O)C3S2)c1. The van der Waals surface area contributed by atoms with Crippen LogP contribution in [-0.2, 0) is 11.8 Å². The molecule has 10 heteroatoms. The smallest absolute Gasteiger partial charge is 0.329 e. The Kier molecular flexibility index (Phi) is 4.44. The third-order valence-electron chi connectivity index (χ3n) is 5.20. The van der Waals surface area contributed by atoms with Crippen molar-refractivity contribution >= 4 is 56.8 Å². The lowest BCUT2D eigenvalue weighted by molar-refractivity contribution is -0.118. The standard InChI is InChI=1S/C20H16ClN5O3S/c1-25-15-8-22-9-16(12(15)7-23-25)26-19(27)18-14(24-20(26)28)6-17(30-18)11-5-10(29-2)3-4-13(11)21/h3-9,14,18H,1-2H3,(H,24,28). The minimum absolute atomic E-state index is 0.308. The molecule has 5 rings (SSSR count). The number of anilines is 1. The first-order valence-corrected chi connectivity index (χ1v) is 10.4. The number of pyridine rings is 1. The first-order chi connectivity index (χ1) is 14.5. The lowest BCUT2D eigenvalue weighted by Gasteiger charge is -2.33. The largest absolute Gasteiger partial charge is 0.497 e. The van der Waals surface area contributed by atoms with Gasteiger partial charge in [-0.05, 0) is 24.3 Å². The van der Waals surface area contributed by atoms with E-state index in [-0.39, 0.29) is 5.91 Å². The summed E-state index contributed by atoms with van der Waals surface area (Å²) in [6.45, 7) is 0. The zero-order valence-electron chi connectivity index (χ0n) is 16.0. The van der Waals surface area contributed by atoms with Gasteiger partial charge in [-0.3, -0.25) is 14.5 Å². The number of benzene rings is 1. The Morgan fingerprint density at radius 1 is 1.23 bits per heavy atom. The Balaban J connectivity index is 1.50. The van der Waals surface area contributed by atoms with Gasteiger partial charge in [0.05, 0.1) is 42.9 Å². The molecule has 4 heterocycles. The molecule has 2 unspecified atom stereocenters. The summed E-state index contributed by atoms with van der Waals surface area (Å²) >= 11 is 7.75. The number of fused-ring (bicyclic) bond motifs is 2. The molecule has 0 radical (unpaired) electrons. The topological polar surface area (TPSA) is 89.3 Å². The normalized spacial score (nSPS) is 20.9. The van der Waals surface area contributed by atoms with Gasteiger partial charge in [-0.1, -0.05) is 11.6 Å². The summed E-state index contributed by atoms with van der Waals surface area (Å²) in [7, 11) is 3.36. The first kappa shape index (κ1) is 19.0. The predicted molar refractivity (Wildman–Crippen MR) is 116 cm³/mol. The molecule has 0 saturated carbocycles. The van der Waals surface area contributed by atoms with Crippen molar-refractivity contribution in [2.45, 2.75) is 11.3 Å². The molecule has 2 aliphatic heterocycles. The lowest BCUT2D eigenvalue weighted by Crippen LogP contribution is -2.60. The van der Waals surface area contributed by atoms with Crippen LogP contribution in [0.3, 0.4) is 0 Å². The van der Waals surface area contributed by atoms with E-state index in [0.717, 1.165) is 20.9 Å². The van der Waals surface area contributed by atoms with Crippen LogP contribution in [0.1, 0.15) is 5.56 Å². The van der Waals surface area contributed by atoms with Crippen LogP contribution in [0.15, 0.2) is 42.9 Å². The monoisotopic (exact) mass is 441 g/mol. The number of carbonyl (C=O) groups excluding carboxylic acids is 2. The molecule has 152 valence electrons. The number of nitrogens with one attached hydrogen (secondary N) is 1. The van der Waals surface area contributed by atoms with Crippen LogP contribution < -0.4 is 15.0 Å². The van der Waals surface area contributed by atoms with E-state index in [4.69, 9.17) is 16.3 Å². The summed E-state index contributed by atoms with van der Waals surface area (Å²) < 4.78 is 6.94. The number of urea groups is 1. The van der Waals surface area contributed by atoms with Crippen molar-refractivity contribution in [3.63, 3.8) is 0 Å². The van der Waals surface area contributed by atoms with Crippen molar-refractivity contribution in [1.82, 2.24) is 20.1 Å². The number of thioether (sulfide) groups is 1. The zero-order valence-corrected chi connectivity index (χ0v) is 17.6. The minimum Gasteiger partial charge on any atom is -0.497 e. The van der Waals surface area contributed by atoms with Crippen molar-refractivity contribution in [2.75, 3.05) is 12.0 Å². The molecule has 2 atom stereocenters. The predicted octanol–water partition coefficient (Wildman–Crippen LogP) is 3.21. The molecule has 8 nitrogen and oxygen atoms in total. The fourth-order valence-electron chi connectivity index (χ4n) is 3.68. The number of methoxy groups -OCH3 is 1. The molecule has 0 aliphatic carbocycles. The van der Waals surface area contributed by atoms with Gasteiger partial charge < -0.3 is 10.1 Å². The van der Waals surface area contributed by atoms with Crippen LogP contribution >= 0.6 is 23.4 Å². The van der Waals surface area contributed by atoms with E-state index in [1.165, 1.54) is 18.0 Å². The molecule has 1 fully saturated rings. The summed E-state index contributed by atoms with van der Waals surface area (Å²) in [6.07, 6.45) is 6.65. The number of amides is 3. The molecule has 30 heavy (non-hydrogen) atoms. The second-order valence-corrected chi connectivity index (χ2v) is 8.51. The number of hydrogen-bond acceptors (Lipinski definition) is 6. The number of halogens is 1. The van der Waals surface area contributed by atoms with E-state index in [1.807, 2.05) is 12.1 Å². The van der Waals surface area contributed by atoms with Gasteiger partial charge in [0.15, 0.2) is 0 Å². The van der Waals surface area contributed by atoms with E-state index in [2.05, 4.69) is 15.4 Å². The maximum atomic E-state index is 13.4. The van der Waals surface area contributed by atoms with E-state index in [9.17, 15) is 9.59 Å². The minimum atomic E-state index is -0.508. The van der Waals surface area contributed by atoms with Gasteiger partial charge in [-0.2, -0.15) is 5.10 Å². The number of aryl methyl sites for hydroxylation is 1. The number of carbonyl (C=O) groups is 2. The molecule has 1 N–H and O–H groups in total. The highest BCUT2D eigenvalue weighted by Crippen LogP contribution is 2.45. The molecule has 2 aliphatic rings. The lowest BCUT2D eigenvalue weighted by atomic mass is 10.1. The number of rotatable bonds is 3. The second-order valence-electron chi connectivity index (χ2n) is 6.92. The fraction of sp³-hybridized carbons (Fsp3) is 0.200. The van der Waals surface area contributed by atoms with Gasteiger partial charge >= 0.3 is 6.03 Å². The van der Waals surface area contributed by atoms with Crippen LogP contribution in [0.2, 0.25) is 5.02 Å². The highest BCUT2D eigenvalue weighted by Gasteiger charge is 2.46. The van der Waals surface area contributed by atoms with Gasteiger partial charge in [0.25, 0.3) is 5.91 Å². The molecule has 1 aromatic carbocycles. The Labute approximate surface area is 180 Å². The maximum absolute atomic E-state index is 13.4. The van der Waals surface area contributed by atoms with Crippen LogP contribution in [0, 0.1) is 0 Å². The molecule has 3 aromatic rings. The second kappa shape index (κ2) is 7.03. The van der Waals surface area contributed by atoms with Crippen molar-refractivity contribution < 1.29 is 14.3 Å². The summed E-state index contributed by atoms with van der Waals surface area (Å²) in [5.41, 5.74) is 1.91. The van der Waals surface area contributed by atoms with Crippen molar-refractivity contribution in [2.24, 2.45) is 7.05 Å². The number of hydrogen-bond donors (Lipinski definition) is 1. The molecule has 3 amide bonds. The molecular weight excluding hydrogens is 426 g/mol. The van der Waals surface area contributed by atoms with E-state index < -0.39 is 17.3 Å². The number of nitrogens with zero attached hydrogens (tertiary/aromatic N) is 4. The van der Waals surface area contributed by atoms with Gasteiger partial charge in [-0.25, -0.2) is 9.69 Å². The van der Waals surface area contributed by atoms with Crippen molar-refractivity contribution in [3.05, 3.63) is 53.5 Å². The van der Waals surface area contributed by atoms with Gasteiger partial charge in [-0.15, -0.1) is 11.8 Å². The van der Waals surface area contributed by atoms with Gasteiger partial charge in [0.1, 0.15) is 11.0 Å². The Hall–Kier alpha value is -3.04. The van der Waals surface area contributed by atoms with Crippen molar-refractivity contribution in [3.8, 4) is 5.75 Å². The zero-order chi connectivity index (χ0) is 21.0. The van der Waals surface area contributed by atoms with E-state index >= 15 is 0 Å². The third kappa shape index (κ3) is 2.85. The fourth-order valence-corrected chi connectivity index (χ4v) is 5.25. The van der Waals surface area contributed by atoms with Crippen molar-refractivity contribution in [1.29, 1.82) is 0 Å². The average Bonchev–Trinajstić information content (AvgIpc) is 3.33. The average molecular weight is 442 g/mol. The molecule has 0 bridgehead atoms. The first-order valence-electron chi connectivity index (χ1n) is 9.10. The molecular formula is C20H16ClN5O3S.